The average Bonchev–Trinajstić information content (AvgIpc) is 2.39. The van der Waals surface area contributed by atoms with Crippen LogP contribution in [0.25, 0.3) is 0 Å². The second kappa shape index (κ2) is 5.57. The Morgan fingerprint density at radius 2 is 2.00 bits per heavy atom. The smallest absolute Gasteiger partial charge is 0.118 e. The van der Waals surface area contributed by atoms with Crippen LogP contribution in [0, 0.1) is 11.8 Å². The van der Waals surface area contributed by atoms with E-state index >= 15 is 0 Å². The van der Waals surface area contributed by atoms with E-state index in [0.29, 0.717) is 11.8 Å². The molecule has 1 aliphatic rings. The molecule has 1 aromatic carbocycles. The van der Waals surface area contributed by atoms with Crippen LogP contribution in [-0.2, 0) is 4.74 Å². The van der Waals surface area contributed by atoms with Crippen molar-refractivity contribution in [1.82, 2.24) is 0 Å². The Morgan fingerprint density at radius 3 is 2.56 bits per heavy atom. The van der Waals surface area contributed by atoms with E-state index in [1.54, 1.807) is 7.11 Å². The fourth-order valence-corrected chi connectivity index (χ4v) is 2.59. The molecule has 0 spiro atoms. The maximum atomic E-state index is 6.02. The lowest BCUT2D eigenvalue weighted by atomic mass is 9.81. The largest absolute Gasteiger partial charge is 0.497 e. The Bertz CT molecular complexity index is 408. The van der Waals surface area contributed by atoms with Crippen molar-refractivity contribution in [3.05, 3.63) is 42.0 Å². The molecule has 0 aliphatic carbocycles. The van der Waals surface area contributed by atoms with Gasteiger partial charge in [-0.3, -0.25) is 0 Å². The monoisotopic (exact) mass is 246 g/mol. The van der Waals surface area contributed by atoms with Crippen molar-refractivity contribution in [2.45, 2.75) is 26.4 Å². The Kier molecular flexibility index (Phi) is 4.07. The van der Waals surface area contributed by atoms with Gasteiger partial charge in [0.25, 0.3) is 0 Å². The van der Waals surface area contributed by atoms with Gasteiger partial charge in [-0.25, -0.2) is 0 Å². The molecule has 98 valence electrons. The molecule has 2 nitrogen and oxygen atoms in total. The number of hydrogen-bond acceptors (Lipinski definition) is 2. The molecule has 2 heteroatoms. The summed E-state index contributed by atoms with van der Waals surface area (Å²) in [5.74, 6) is 1.91. The molecule has 0 unspecified atom stereocenters. The highest BCUT2D eigenvalue weighted by Gasteiger charge is 2.31. The molecule has 0 radical (unpaired) electrons. The average molecular weight is 246 g/mol. The maximum Gasteiger partial charge on any atom is 0.118 e. The third-order valence-corrected chi connectivity index (χ3v) is 3.66. The summed E-state index contributed by atoms with van der Waals surface area (Å²) < 4.78 is 11.2. The first kappa shape index (κ1) is 13.2. The van der Waals surface area contributed by atoms with Crippen LogP contribution in [0.3, 0.4) is 0 Å². The minimum Gasteiger partial charge on any atom is -0.497 e. The Balaban J connectivity index is 2.20. The lowest BCUT2D eigenvalue weighted by Gasteiger charge is -2.35. The van der Waals surface area contributed by atoms with Crippen LogP contribution in [-0.4, -0.2) is 13.7 Å². The van der Waals surface area contributed by atoms with Crippen LogP contribution >= 0.6 is 0 Å². The highest BCUT2D eigenvalue weighted by molar-refractivity contribution is 5.30. The van der Waals surface area contributed by atoms with Gasteiger partial charge in [0.15, 0.2) is 0 Å². The zero-order valence-electron chi connectivity index (χ0n) is 11.5. The first-order valence-electron chi connectivity index (χ1n) is 6.52. The van der Waals surface area contributed by atoms with Gasteiger partial charge in [0.2, 0.25) is 0 Å². The molecule has 1 saturated heterocycles. The van der Waals surface area contributed by atoms with E-state index in [-0.39, 0.29) is 6.10 Å². The summed E-state index contributed by atoms with van der Waals surface area (Å²) in [4.78, 5) is 0. The Labute approximate surface area is 110 Å². The van der Waals surface area contributed by atoms with Crippen molar-refractivity contribution in [3.63, 3.8) is 0 Å². The molecule has 1 aromatic rings. The first-order chi connectivity index (χ1) is 8.61. The lowest BCUT2D eigenvalue weighted by molar-refractivity contribution is -0.0424. The van der Waals surface area contributed by atoms with Gasteiger partial charge in [0.1, 0.15) is 5.75 Å². The molecular formula is C16H22O2. The minimum absolute atomic E-state index is 0.143. The quantitative estimate of drug-likeness (QED) is 0.751. The molecule has 1 aliphatic heterocycles. The first-order valence-corrected chi connectivity index (χ1v) is 6.52. The molecule has 0 bridgehead atoms. The van der Waals surface area contributed by atoms with Gasteiger partial charge < -0.3 is 9.47 Å². The fourth-order valence-electron chi connectivity index (χ4n) is 2.59. The summed E-state index contributed by atoms with van der Waals surface area (Å²) in [6.45, 7) is 9.29. The van der Waals surface area contributed by atoms with Gasteiger partial charge in [0.05, 0.1) is 19.8 Å². The third-order valence-electron chi connectivity index (χ3n) is 3.66. The second-order valence-corrected chi connectivity index (χ2v) is 5.32. The van der Waals surface area contributed by atoms with Gasteiger partial charge in [-0.15, -0.1) is 0 Å². The van der Waals surface area contributed by atoms with E-state index in [2.05, 4.69) is 32.6 Å². The highest BCUT2D eigenvalue weighted by atomic mass is 16.5. The summed E-state index contributed by atoms with van der Waals surface area (Å²) in [7, 11) is 1.69. The topological polar surface area (TPSA) is 18.5 Å². The number of benzene rings is 1. The van der Waals surface area contributed by atoms with Crippen LogP contribution < -0.4 is 4.74 Å². The molecule has 1 heterocycles. The molecule has 1 fully saturated rings. The SMILES string of the molecule is C=C(C)[C@H]1C[C@@H](C)CO[C@@H]1c1ccc(OC)cc1. The molecule has 0 N–H and O–H groups in total. The van der Waals surface area contributed by atoms with E-state index in [1.807, 2.05) is 12.1 Å². The predicted octanol–water partition coefficient (Wildman–Crippen LogP) is 3.99. The van der Waals surface area contributed by atoms with Crippen molar-refractivity contribution in [1.29, 1.82) is 0 Å². The van der Waals surface area contributed by atoms with E-state index in [0.717, 1.165) is 18.8 Å². The summed E-state index contributed by atoms with van der Waals surface area (Å²) in [6.07, 6.45) is 1.30. The van der Waals surface area contributed by atoms with Crippen molar-refractivity contribution < 1.29 is 9.47 Å². The van der Waals surface area contributed by atoms with Gasteiger partial charge in [-0.1, -0.05) is 31.2 Å². The van der Waals surface area contributed by atoms with Crippen LogP contribution in [0.2, 0.25) is 0 Å². The van der Waals surface area contributed by atoms with Gasteiger partial charge in [0, 0.05) is 5.92 Å². The standard InChI is InChI=1S/C16H22O2/c1-11(2)15-9-12(3)10-18-16(15)13-5-7-14(17-4)8-6-13/h5-8,12,15-16H,1,9-10H2,2-4H3/t12-,15-,16-/m1/s1. The van der Waals surface area contributed by atoms with Crippen molar-refractivity contribution in [2.75, 3.05) is 13.7 Å². The molecule has 18 heavy (non-hydrogen) atoms. The fraction of sp³-hybridized carbons (Fsp3) is 0.500. The highest BCUT2D eigenvalue weighted by Crippen LogP contribution is 2.39. The molecule has 0 saturated carbocycles. The molecular weight excluding hydrogens is 224 g/mol. The summed E-state index contributed by atoms with van der Waals surface area (Å²) >= 11 is 0. The zero-order valence-corrected chi connectivity index (χ0v) is 11.5. The summed E-state index contributed by atoms with van der Waals surface area (Å²) in [6, 6.07) is 8.17. The number of hydrogen-bond donors (Lipinski definition) is 0. The van der Waals surface area contributed by atoms with E-state index in [4.69, 9.17) is 9.47 Å². The van der Waals surface area contributed by atoms with E-state index < -0.39 is 0 Å². The van der Waals surface area contributed by atoms with Gasteiger partial charge in [-0.05, 0) is 37.0 Å². The number of methoxy groups -OCH3 is 1. The predicted molar refractivity (Wildman–Crippen MR) is 73.8 cm³/mol. The second-order valence-electron chi connectivity index (χ2n) is 5.32. The maximum absolute atomic E-state index is 6.02. The Morgan fingerprint density at radius 1 is 1.33 bits per heavy atom. The Hall–Kier alpha value is -1.28. The normalized spacial score (nSPS) is 27.8. The molecule has 0 amide bonds. The van der Waals surface area contributed by atoms with Crippen LogP contribution in [0.5, 0.6) is 5.75 Å². The van der Waals surface area contributed by atoms with E-state index in [9.17, 15) is 0 Å². The van der Waals surface area contributed by atoms with Crippen molar-refractivity contribution in [2.24, 2.45) is 11.8 Å². The number of rotatable bonds is 3. The summed E-state index contributed by atoms with van der Waals surface area (Å²) in [5.41, 5.74) is 2.43. The molecule has 3 atom stereocenters. The van der Waals surface area contributed by atoms with Crippen LogP contribution in [0.15, 0.2) is 36.4 Å². The lowest BCUT2D eigenvalue weighted by Crippen LogP contribution is -2.28. The number of ether oxygens (including phenoxy) is 2. The third kappa shape index (κ3) is 2.75. The summed E-state index contributed by atoms with van der Waals surface area (Å²) in [5, 5.41) is 0. The van der Waals surface area contributed by atoms with Crippen molar-refractivity contribution in [3.8, 4) is 5.75 Å². The molecule has 2 rings (SSSR count). The van der Waals surface area contributed by atoms with Crippen molar-refractivity contribution >= 4 is 0 Å². The van der Waals surface area contributed by atoms with Crippen LogP contribution in [0.4, 0.5) is 0 Å². The van der Waals surface area contributed by atoms with Crippen LogP contribution in [0.1, 0.15) is 31.9 Å². The van der Waals surface area contributed by atoms with E-state index in [1.165, 1.54) is 11.1 Å². The van der Waals surface area contributed by atoms with Gasteiger partial charge >= 0.3 is 0 Å². The minimum atomic E-state index is 0.143. The zero-order chi connectivity index (χ0) is 13.1. The van der Waals surface area contributed by atoms with Gasteiger partial charge in [-0.2, -0.15) is 0 Å². The molecule has 0 aromatic heterocycles.